The Morgan fingerprint density at radius 1 is 1.00 bits per heavy atom. The second-order valence-corrected chi connectivity index (χ2v) is 7.76. The number of hydrogen-bond acceptors (Lipinski definition) is 9. The van der Waals surface area contributed by atoms with Crippen molar-refractivity contribution in [3.05, 3.63) is 0 Å². The van der Waals surface area contributed by atoms with Gasteiger partial charge in [-0.2, -0.15) is 16.8 Å². The summed E-state index contributed by atoms with van der Waals surface area (Å²) in [6, 6.07) is 0. The first-order valence-corrected chi connectivity index (χ1v) is 9.84. The van der Waals surface area contributed by atoms with Crippen molar-refractivity contribution in [3.63, 3.8) is 0 Å². The predicted molar refractivity (Wildman–Crippen MR) is 76.7 cm³/mol. The van der Waals surface area contributed by atoms with Gasteiger partial charge in [0.2, 0.25) is 0 Å². The molecule has 1 aliphatic carbocycles. The van der Waals surface area contributed by atoms with Crippen molar-refractivity contribution in [2.45, 2.75) is 50.5 Å². The van der Waals surface area contributed by atoms with E-state index in [0.717, 1.165) is 20.0 Å². The van der Waals surface area contributed by atoms with Crippen molar-refractivity contribution in [2.75, 3.05) is 13.7 Å². The van der Waals surface area contributed by atoms with Crippen LogP contribution in [0.1, 0.15) is 19.8 Å². The Balaban J connectivity index is 2.28. The molecule has 1 saturated carbocycles. The van der Waals surface area contributed by atoms with E-state index in [1.54, 1.807) is 0 Å². The molecular weight excluding hydrogens is 372 g/mol. The molecule has 1 saturated heterocycles. The summed E-state index contributed by atoms with van der Waals surface area (Å²) < 4.78 is 87.1. The van der Waals surface area contributed by atoms with Crippen LogP contribution in [0.5, 0.6) is 0 Å². The van der Waals surface area contributed by atoms with E-state index in [1.165, 1.54) is 6.92 Å². The average Bonchev–Trinajstić information content (AvgIpc) is 3.22. The third-order valence-electron chi connectivity index (χ3n) is 3.65. The molecule has 0 unspecified atom stereocenters. The van der Waals surface area contributed by atoms with Crippen LogP contribution < -0.4 is 0 Å². The molecule has 2 N–H and O–H groups in total. The Morgan fingerprint density at radius 3 is 2.00 bits per heavy atom. The first-order chi connectivity index (χ1) is 11.0. The van der Waals surface area contributed by atoms with Crippen LogP contribution in [0.2, 0.25) is 0 Å². The number of rotatable bonds is 8. The lowest BCUT2D eigenvalue weighted by atomic mass is 9.99. The highest BCUT2D eigenvalue weighted by atomic mass is 32.3. The van der Waals surface area contributed by atoms with Gasteiger partial charge >= 0.3 is 20.8 Å². The highest BCUT2D eigenvalue weighted by Gasteiger charge is 2.51. The summed E-state index contributed by atoms with van der Waals surface area (Å²) in [6.07, 6.45) is -4.64. The molecule has 2 aliphatic rings. The van der Waals surface area contributed by atoms with Gasteiger partial charge in [0.25, 0.3) is 0 Å². The summed E-state index contributed by atoms with van der Waals surface area (Å²) in [4.78, 5) is 0. The fourth-order valence-electron chi connectivity index (χ4n) is 2.42. The standard InChI is InChI=1S/C11H20O11S2/c1-6-8(19-5-7-3-4-7)9(21-23(12,13)14)10(11(18-2)20-6)22-24(15,16)17/h6-11H,3-5H2,1-2H3,(H,12,13,14)(H,15,16,17)/t6-,8-,9+,10+,11+/m0/s1. The minimum atomic E-state index is -4.99. The summed E-state index contributed by atoms with van der Waals surface area (Å²) in [7, 11) is -8.80. The summed E-state index contributed by atoms with van der Waals surface area (Å²) in [5.74, 6) is 0.310. The molecule has 2 fully saturated rings. The molecule has 142 valence electrons. The van der Waals surface area contributed by atoms with E-state index in [-0.39, 0.29) is 6.61 Å². The predicted octanol–water partition coefficient (Wildman–Crippen LogP) is -0.451. The highest BCUT2D eigenvalue weighted by Crippen LogP contribution is 2.33. The zero-order valence-electron chi connectivity index (χ0n) is 13.0. The van der Waals surface area contributed by atoms with Crippen LogP contribution in [0.25, 0.3) is 0 Å². The van der Waals surface area contributed by atoms with E-state index in [0.29, 0.717) is 5.92 Å². The molecule has 0 amide bonds. The molecule has 5 atom stereocenters. The molecule has 24 heavy (non-hydrogen) atoms. The molecule has 11 nitrogen and oxygen atoms in total. The van der Waals surface area contributed by atoms with Crippen LogP contribution in [-0.4, -0.2) is 70.4 Å². The summed E-state index contributed by atoms with van der Waals surface area (Å²) in [5.41, 5.74) is 0. The third kappa shape index (κ3) is 5.86. The molecule has 0 radical (unpaired) electrons. The zero-order chi connectivity index (χ0) is 18.1. The van der Waals surface area contributed by atoms with Crippen LogP contribution in [0.15, 0.2) is 0 Å². The van der Waals surface area contributed by atoms with Crippen molar-refractivity contribution in [1.29, 1.82) is 0 Å². The molecule has 0 aromatic heterocycles. The van der Waals surface area contributed by atoms with Crippen LogP contribution in [0.3, 0.4) is 0 Å². The highest BCUT2D eigenvalue weighted by molar-refractivity contribution is 7.81. The second-order valence-electron chi connectivity index (χ2n) is 5.66. The molecule has 1 aliphatic heterocycles. The molecule has 0 aromatic carbocycles. The Morgan fingerprint density at radius 2 is 1.54 bits per heavy atom. The lowest BCUT2D eigenvalue weighted by Gasteiger charge is -2.42. The van der Waals surface area contributed by atoms with Gasteiger partial charge in [-0.25, -0.2) is 8.37 Å². The maximum atomic E-state index is 11.1. The van der Waals surface area contributed by atoms with Gasteiger partial charge in [0.05, 0.1) is 12.7 Å². The fourth-order valence-corrected chi connectivity index (χ4v) is 3.40. The van der Waals surface area contributed by atoms with E-state index in [9.17, 15) is 16.8 Å². The van der Waals surface area contributed by atoms with Crippen molar-refractivity contribution >= 4 is 20.8 Å². The van der Waals surface area contributed by atoms with E-state index in [4.69, 9.17) is 23.3 Å². The van der Waals surface area contributed by atoms with Crippen molar-refractivity contribution < 1.29 is 48.5 Å². The smallest absolute Gasteiger partial charge is 0.372 e. The number of hydrogen-bond donors (Lipinski definition) is 2. The fraction of sp³-hybridized carbons (Fsp3) is 1.00. The van der Waals surface area contributed by atoms with Crippen LogP contribution in [0, 0.1) is 5.92 Å². The third-order valence-corrected chi connectivity index (χ3v) is 4.58. The molecule has 1 heterocycles. The summed E-state index contributed by atoms with van der Waals surface area (Å²) >= 11 is 0. The van der Waals surface area contributed by atoms with Crippen LogP contribution in [0.4, 0.5) is 0 Å². The van der Waals surface area contributed by atoms with E-state index >= 15 is 0 Å². The summed E-state index contributed by atoms with van der Waals surface area (Å²) in [5, 5.41) is 0. The van der Waals surface area contributed by atoms with Gasteiger partial charge in [0, 0.05) is 7.11 Å². The first kappa shape index (κ1) is 19.9. The van der Waals surface area contributed by atoms with E-state index < -0.39 is 51.5 Å². The average molecular weight is 392 g/mol. The Hall–Kier alpha value is -0.380. The summed E-state index contributed by atoms with van der Waals surface area (Å²) in [6.45, 7) is 1.81. The van der Waals surface area contributed by atoms with Gasteiger partial charge in [-0.05, 0) is 25.7 Å². The topological polar surface area (TPSA) is 155 Å². The second kappa shape index (κ2) is 7.47. The minimum absolute atomic E-state index is 0.278. The van der Waals surface area contributed by atoms with Crippen LogP contribution in [-0.2, 0) is 43.4 Å². The van der Waals surface area contributed by atoms with Crippen molar-refractivity contribution in [2.24, 2.45) is 5.92 Å². The number of ether oxygens (including phenoxy) is 3. The van der Waals surface area contributed by atoms with Crippen LogP contribution >= 0.6 is 0 Å². The largest absolute Gasteiger partial charge is 0.397 e. The van der Waals surface area contributed by atoms with E-state index in [1.807, 2.05) is 0 Å². The van der Waals surface area contributed by atoms with E-state index in [2.05, 4.69) is 8.37 Å². The monoisotopic (exact) mass is 392 g/mol. The lowest BCUT2D eigenvalue weighted by molar-refractivity contribution is -0.283. The maximum absolute atomic E-state index is 11.1. The molecule has 0 aromatic rings. The Kier molecular flexibility index (Phi) is 6.21. The van der Waals surface area contributed by atoms with Gasteiger partial charge in [-0.1, -0.05) is 0 Å². The molecule has 0 spiro atoms. The lowest BCUT2D eigenvalue weighted by Crippen LogP contribution is -2.60. The first-order valence-electron chi connectivity index (χ1n) is 7.11. The minimum Gasteiger partial charge on any atom is -0.372 e. The molecule has 13 heteroatoms. The molecule has 2 rings (SSSR count). The Bertz CT molecular complexity index is 626. The zero-order valence-corrected chi connectivity index (χ0v) is 14.6. The maximum Gasteiger partial charge on any atom is 0.397 e. The molecular formula is C11H20O11S2. The van der Waals surface area contributed by atoms with Gasteiger partial charge in [0.15, 0.2) is 12.4 Å². The molecule has 0 bridgehead atoms. The quantitative estimate of drug-likeness (QED) is 0.516. The van der Waals surface area contributed by atoms with Gasteiger partial charge < -0.3 is 14.2 Å². The van der Waals surface area contributed by atoms with Gasteiger partial charge in [0.1, 0.15) is 12.2 Å². The van der Waals surface area contributed by atoms with Crippen molar-refractivity contribution in [1.82, 2.24) is 0 Å². The number of methoxy groups -OCH3 is 1. The SMILES string of the molecule is CO[C@@H]1O[C@@H](C)[C@H](OCC2CC2)[C@@H](OS(=O)(=O)O)[C@H]1OS(=O)(=O)O. The van der Waals surface area contributed by atoms with Gasteiger partial charge in [-0.15, -0.1) is 0 Å². The Labute approximate surface area is 140 Å². The van der Waals surface area contributed by atoms with Crippen molar-refractivity contribution in [3.8, 4) is 0 Å². The normalized spacial score (nSPS) is 35.1. The van der Waals surface area contributed by atoms with Gasteiger partial charge in [-0.3, -0.25) is 9.11 Å².